The summed E-state index contributed by atoms with van der Waals surface area (Å²) in [4.78, 5) is 0. The lowest BCUT2D eigenvalue weighted by molar-refractivity contribution is 0.439. The molecule has 0 radical (unpaired) electrons. The van der Waals surface area contributed by atoms with Gasteiger partial charge in [-0.1, -0.05) is 19.0 Å². The van der Waals surface area contributed by atoms with E-state index in [2.05, 4.69) is 5.16 Å². The first-order valence-electron chi connectivity index (χ1n) is 5.10. The molecule has 0 fully saturated rings. The van der Waals surface area contributed by atoms with Crippen LogP contribution in [0.5, 0.6) is 0 Å². The van der Waals surface area contributed by atoms with Crippen molar-refractivity contribution in [1.82, 2.24) is 5.16 Å². The van der Waals surface area contributed by atoms with E-state index in [-0.39, 0.29) is 17.6 Å². The lowest BCUT2D eigenvalue weighted by Crippen LogP contribution is -1.93. The molecule has 0 bridgehead atoms. The van der Waals surface area contributed by atoms with Gasteiger partial charge in [-0.2, -0.15) is 0 Å². The summed E-state index contributed by atoms with van der Waals surface area (Å²) < 4.78 is 18.3. The first-order chi connectivity index (χ1) is 7.58. The second kappa shape index (κ2) is 3.96. The quantitative estimate of drug-likeness (QED) is 0.845. The molecule has 1 heterocycles. The Morgan fingerprint density at radius 3 is 2.62 bits per heavy atom. The minimum absolute atomic E-state index is 0.129. The molecule has 1 aromatic heterocycles. The summed E-state index contributed by atoms with van der Waals surface area (Å²) in [6, 6.07) is 6.50. The lowest BCUT2D eigenvalue weighted by atomic mass is 9.99. The predicted octanol–water partition coefficient (Wildman–Crippen LogP) is 3.19. The van der Waals surface area contributed by atoms with Gasteiger partial charge in [-0.05, 0) is 29.7 Å². The van der Waals surface area contributed by atoms with E-state index in [0.29, 0.717) is 11.3 Å². The third-order valence-electron chi connectivity index (χ3n) is 2.44. The van der Waals surface area contributed by atoms with Crippen molar-refractivity contribution in [3.8, 4) is 11.3 Å². The number of benzene rings is 1. The van der Waals surface area contributed by atoms with Gasteiger partial charge in [-0.25, -0.2) is 4.39 Å². The van der Waals surface area contributed by atoms with Crippen molar-refractivity contribution in [2.24, 2.45) is 0 Å². The van der Waals surface area contributed by atoms with Crippen LogP contribution in [0.15, 0.2) is 28.8 Å². The summed E-state index contributed by atoms with van der Waals surface area (Å²) in [5.74, 6) is 0.185. The topological polar surface area (TPSA) is 52.0 Å². The van der Waals surface area contributed by atoms with Gasteiger partial charge in [-0.3, -0.25) is 0 Å². The summed E-state index contributed by atoms with van der Waals surface area (Å²) in [5.41, 5.74) is 7.54. The molecule has 84 valence electrons. The highest BCUT2D eigenvalue weighted by atomic mass is 19.1. The van der Waals surface area contributed by atoms with Gasteiger partial charge in [0, 0.05) is 11.6 Å². The number of halogens is 1. The van der Waals surface area contributed by atoms with Crippen LogP contribution in [-0.2, 0) is 0 Å². The van der Waals surface area contributed by atoms with E-state index in [0.717, 1.165) is 5.56 Å². The molecule has 0 aliphatic carbocycles. The van der Waals surface area contributed by atoms with Crippen molar-refractivity contribution in [2.75, 3.05) is 5.73 Å². The molecular weight excluding hydrogens is 207 g/mol. The second-order valence-electron chi connectivity index (χ2n) is 4.01. The third kappa shape index (κ3) is 1.91. The van der Waals surface area contributed by atoms with Gasteiger partial charge in [0.15, 0.2) is 0 Å². The maximum atomic E-state index is 13.5. The first-order valence-corrected chi connectivity index (χ1v) is 5.10. The van der Waals surface area contributed by atoms with Crippen LogP contribution >= 0.6 is 0 Å². The van der Waals surface area contributed by atoms with Gasteiger partial charge in [0.1, 0.15) is 11.5 Å². The average molecular weight is 220 g/mol. The summed E-state index contributed by atoms with van der Waals surface area (Å²) in [6.07, 6.45) is 0. The van der Waals surface area contributed by atoms with Crippen LogP contribution in [0.25, 0.3) is 11.3 Å². The van der Waals surface area contributed by atoms with Crippen LogP contribution in [0.2, 0.25) is 0 Å². The average Bonchev–Trinajstić information content (AvgIpc) is 2.65. The Hall–Kier alpha value is -1.84. The van der Waals surface area contributed by atoms with Gasteiger partial charge in [0.2, 0.25) is 5.88 Å². The Balaban J connectivity index is 2.47. The molecule has 16 heavy (non-hydrogen) atoms. The highest BCUT2D eigenvalue weighted by Crippen LogP contribution is 2.26. The second-order valence-corrected chi connectivity index (χ2v) is 4.01. The summed E-state index contributed by atoms with van der Waals surface area (Å²) >= 11 is 0. The fourth-order valence-corrected chi connectivity index (χ4v) is 1.57. The lowest BCUT2D eigenvalue weighted by Gasteiger charge is -2.08. The SMILES string of the molecule is CC(C)c1cc(-c2cc(N)on2)ccc1F. The maximum Gasteiger partial charge on any atom is 0.222 e. The van der Waals surface area contributed by atoms with E-state index in [4.69, 9.17) is 10.3 Å². The number of hydrogen-bond acceptors (Lipinski definition) is 3. The normalized spacial score (nSPS) is 11.0. The highest BCUT2D eigenvalue weighted by molar-refractivity contribution is 5.62. The third-order valence-corrected chi connectivity index (χ3v) is 2.44. The van der Waals surface area contributed by atoms with Crippen molar-refractivity contribution in [3.63, 3.8) is 0 Å². The van der Waals surface area contributed by atoms with Crippen molar-refractivity contribution in [2.45, 2.75) is 19.8 Å². The summed E-state index contributed by atoms with van der Waals surface area (Å²) in [5, 5.41) is 3.79. The molecule has 0 aliphatic rings. The van der Waals surface area contributed by atoms with Crippen molar-refractivity contribution in [3.05, 3.63) is 35.6 Å². The zero-order valence-corrected chi connectivity index (χ0v) is 9.20. The largest absolute Gasteiger partial charge is 0.368 e. The molecule has 4 heteroatoms. The van der Waals surface area contributed by atoms with E-state index in [1.807, 2.05) is 13.8 Å². The number of nitrogens with two attached hydrogens (primary N) is 1. The summed E-state index contributed by atoms with van der Waals surface area (Å²) in [7, 11) is 0. The standard InChI is InChI=1S/C12H13FN2O/c1-7(2)9-5-8(3-4-10(9)13)11-6-12(14)16-15-11/h3-7H,14H2,1-2H3. The molecule has 0 saturated heterocycles. The Morgan fingerprint density at radius 2 is 2.06 bits per heavy atom. The van der Waals surface area contributed by atoms with Gasteiger partial charge in [-0.15, -0.1) is 0 Å². The molecule has 2 rings (SSSR count). The van der Waals surface area contributed by atoms with E-state index in [1.165, 1.54) is 6.07 Å². The fourth-order valence-electron chi connectivity index (χ4n) is 1.57. The number of rotatable bonds is 2. The Kier molecular flexibility index (Phi) is 2.64. The Labute approximate surface area is 93.1 Å². The Morgan fingerprint density at radius 1 is 1.31 bits per heavy atom. The van der Waals surface area contributed by atoms with Gasteiger partial charge < -0.3 is 10.3 Å². The minimum Gasteiger partial charge on any atom is -0.368 e. The molecule has 0 unspecified atom stereocenters. The van der Waals surface area contributed by atoms with Gasteiger partial charge in [0.05, 0.1) is 0 Å². The molecule has 0 saturated carbocycles. The highest BCUT2D eigenvalue weighted by Gasteiger charge is 2.10. The van der Waals surface area contributed by atoms with E-state index >= 15 is 0 Å². The molecule has 1 aromatic carbocycles. The van der Waals surface area contributed by atoms with Crippen LogP contribution in [-0.4, -0.2) is 5.16 Å². The van der Waals surface area contributed by atoms with Crippen LogP contribution in [0.1, 0.15) is 25.3 Å². The number of nitrogen functional groups attached to an aromatic ring is 1. The van der Waals surface area contributed by atoms with Crippen LogP contribution < -0.4 is 5.73 Å². The minimum atomic E-state index is -0.199. The van der Waals surface area contributed by atoms with Gasteiger partial charge in [0.25, 0.3) is 0 Å². The van der Waals surface area contributed by atoms with Crippen LogP contribution in [0.3, 0.4) is 0 Å². The first kappa shape index (κ1) is 10.7. The smallest absolute Gasteiger partial charge is 0.222 e. The number of anilines is 1. The van der Waals surface area contributed by atoms with Crippen molar-refractivity contribution < 1.29 is 8.91 Å². The monoisotopic (exact) mass is 220 g/mol. The van der Waals surface area contributed by atoms with E-state index in [1.54, 1.807) is 18.2 Å². The molecule has 0 aliphatic heterocycles. The molecule has 0 amide bonds. The van der Waals surface area contributed by atoms with E-state index in [9.17, 15) is 4.39 Å². The number of hydrogen-bond donors (Lipinski definition) is 1. The molecule has 2 aromatic rings. The van der Waals surface area contributed by atoms with Crippen molar-refractivity contribution >= 4 is 5.88 Å². The number of nitrogens with zero attached hydrogens (tertiary/aromatic N) is 1. The zero-order chi connectivity index (χ0) is 11.7. The maximum absolute atomic E-state index is 13.5. The van der Waals surface area contributed by atoms with Gasteiger partial charge >= 0.3 is 0 Å². The summed E-state index contributed by atoms with van der Waals surface area (Å²) in [6.45, 7) is 3.89. The van der Waals surface area contributed by atoms with E-state index < -0.39 is 0 Å². The fraction of sp³-hybridized carbons (Fsp3) is 0.250. The molecule has 3 nitrogen and oxygen atoms in total. The predicted molar refractivity (Wildman–Crippen MR) is 60.4 cm³/mol. The molecule has 0 atom stereocenters. The Bertz CT molecular complexity index is 505. The molecular formula is C12H13FN2O. The van der Waals surface area contributed by atoms with Crippen molar-refractivity contribution in [1.29, 1.82) is 0 Å². The number of aromatic nitrogens is 1. The molecule has 2 N–H and O–H groups in total. The van der Waals surface area contributed by atoms with Crippen LogP contribution in [0, 0.1) is 5.82 Å². The zero-order valence-electron chi connectivity index (χ0n) is 9.20. The van der Waals surface area contributed by atoms with Crippen LogP contribution in [0.4, 0.5) is 10.3 Å². The molecule has 0 spiro atoms.